The van der Waals surface area contributed by atoms with E-state index in [4.69, 9.17) is 0 Å². The van der Waals surface area contributed by atoms with Crippen LogP contribution in [0, 0.1) is 5.41 Å². The van der Waals surface area contributed by atoms with Crippen molar-refractivity contribution in [3.8, 4) is 0 Å². The van der Waals surface area contributed by atoms with E-state index in [2.05, 4.69) is 22.0 Å². The molecule has 0 N–H and O–H groups in total. The maximum Gasteiger partial charge on any atom is 0.0397 e. The van der Waals surface area contributed by atoms with Crippen molar-refractivity contribution in [1.29, 1.82) is 0 Å². The summed E-state index contributed by atoms with van der Waals surface area (Å²) < 4.78 is 0. The molecule has 1 spiro atoms. The summed E-state index contributed by atoms with van der Waals surface area (Å²) in [6.07, 6.45) is 12.5. The number of aromatic nitrogens is 1. The number of pyridine rings is 1. The van der Waals surface area contributed by atoms with Crippen LogP contribution in [0.4, 0.5) is 5.69 Å². The highest BCUT2D eigenvalue weighted by atomic mass is 15.1. The number of nitrogens with zero attached hydrogens (tertiary/aromatic N) is 2. The van der Waals surface area contributed by atoms with Gasteiger partial charge in [-0.2, -0.15) is 0 Å². The molecular formula is C14H20N2. The van der Waals surface area contributed by atoms with Crippen LogP contribution in [0.2, 0.25) is 0 Å². The van der Waals surface area contributed by atoms with Gasteiger partial charge in [0, 0.05) is 31.2 Å². The number of hydrogen-bond acceptors (Lipinski definition) is 2. The molecule has 1 aliphatic carbocycles. The van der Waals surface area contributed by atoms with Gasteiger partial charge in [-0.15, -0.1) is 0 Å². The molecule has 2 fully saturated rings. The van der Waals surface area contributed by atoms with E-state index in [0.717, 1.165) is 5.41 Å². The van der Waals surface area contributed by atoms with Crippen LogP contribution in [-0.4, -0.2) is 18.1 Å². The van der Waals surface area contributed by atoms with Gasteiger partial charge in [0.25, 0.3) is 0 Å². The van der Waals surface area contributed by atoms with Gasteiger partial charge in [0.05, 0.1) is 0 Å². The molecular weight excluding hydrogens is 196 g/mol. The third-order valence-electron chi connectivity index (χ3n) is 4.52. The molecule has 2 aliphatic rings. The van der Waals surface area contributed by atoms with Gasteiger partial charge < -0.3 is 4.90 Å². The molecule has 0 aromatic carbocycles. The van der Waals surface area contributed by atoms with Crippen molar-refractivity contribution in [2.75, 3.05) is 18.0 Å². The normalized spacial score (nSPS) is 23.9. The van der Waals surface area contributed by atoms with Gasteiger partial charge in [-0.3, -0.25) is 4.98 Å². The molecule has 0 bridgehead atoms. The van der Waals surface area contributed by atoms with E-state index >= 15 is 0 Å². The first-order chi connectivity index (χ1) is 7.88. The lowest BCUT2D eigenvalue weighted by Crippen LogP contribution is -2.38. The highest BCUT2D eigenvalue weighted by molar-refractivity contribution is 5.45. The van der Waals surface area contributed by atoms with E-state index in [1.54, 1.807) is 0 Å². The summed E-state index contributed by atoms with van der Waals surface area (Å²) >= 11 is 0. The van der Waals surface area contributed by atoms with Gasteiger partial charge in [0.15, 0.2) is 0 Å². The van der Waals surface area contributed by atoms with Crippen LogP contribution in [0.1, 0.15) is 38.5 Å². The minimum atomic E-state index is 0.726. The molecule has 86 valence electrons. The van der Waals surface area contributed by atoms with E-state index in [0.29, 0.717) is 0 Å². The minimum absolute atomic E-state index is 0.726. The Morgan fingerprint density at radius 1 is 0.938 bits per heavy atom. The first-order valence-electron chi connectivity index (χ1n) is 6.53. The smallest absolute Gasteiger partial charge is 0.0397 e. The fraction of sp³-hybridized carbons (Fsp3) is 0.643. The Morgan fingerprint density at radius 3 is 2.19 bits per heavy atom. The third-order valence-corrected chi connectivity index (χ3v) is 4.52. The Balaban J connectivity index is 1.66. The number of rotatable bonds is 1. The van der Waals surface area contributed by atoms with Gasteiger partial charge in [0.1, 0.15) is 0 Å². The Hall–Kier alpha value is -1.05. The van der Waals surface area contributed by atoms with Gasteiger partial charge >= 0.3 is 0 Å². The van der Waals surface area contributed by atoms with Crippen LogP contribution in [0.15, 0.2) is 24.5 Å². The second-order valence-electron chi connectivity index (χ2n) is 5.40. The number of piperidine rings is 1. The number of hydrogen-bond donors (Lipinski definition) is 0. The molecule has 0 atom stereocenters. The quantitative estimate of drug-likeness (QED) is 0.716. The lowest BCUT2D eigenvalue weighted by Gasteiger charge is -2.40. The van der Waals surface area contributed by atoms with Crippen molar-refractivity contribution in [3.05, 3.63) is 24.5 Å². The Kier molecular flexibility index (Phi) is 2.58. The molecule has 16 heavy (non-hydrogen) atoms. The Labute approximate surface area is 97.7 Å². The van der Waals surface area contributed by atoms with E-state index in [9.17, 15) is 0 Å². The average molecular weight is 216 g/mol. The van der Waals surface area contributed by atoms with Crippen molar-refractivity contribution >= 4 is 5.69 Å². The van der Waals surface area contributed by atoms with E-state index in [1.165, 1.54) is 57.3 Å². The van der Waals surface area contributed by atoms with Gasteiger partial charge in [0.2, 0.25) is 0 Å². The summed E-state index contributed by atoms with van der Waals surface area (Å²) in [6.45, 7) is 2.48. The molecule has 0 amide bonds. The lowest BCUT2D eigenvalue weighted by molar-refractivity contribution is 0.226. The maximum absolute atomic E-state index is 4.08. The van der Waals surface area contributed by atoms with Crippen LogP contribution in [0.25, 0.3) is 0 Å². The molecule has 1 aromatic heterocycles. The molecule has 2 nitrogen and oxygen atoms in total. The van der Waals surface area contributed by atoms with Gasteiger partial charge in [-0.1, -0.05) is 12.8 Å². The van der Waals surface area contributed by atoms with Crippen molar-refractivity contribution < 1.29 is 0 Å². The van der Waals surface area contributed by atoms with Crippen LogP contribution in [0.5, 0.6) is 0 Å². The van der Waals surface area contributed by atoms with E-state index in [-0.39, 0.29) is 0 Å². The standard InChI is InChI=1S/C14H20N2/c1-2-6-14(5-1)7-11-16(12-8-14)13-3-9-15-10-4-13/h3-4,9-10H,1-2,5-8,11-12H2. The predicted octanol–water partition coefficient (Wildman–Crippen LogP) is 3.24. The second-order valence-corrected chi connectivity index (χ2v) is 5.40. The van der Waals surface area contributed by atoms with Crippen molar-refractivity contribution in [1.82, 2.24) is 4.98 Å². The van der Waals surface area contributed by atoms with Gasteiger partial charge in [-0.25, -0.2) is 0 Å². The molecule has 1 aromatic rings. The second kappa shape index (κ2) is 4.08. The first-order valence-corrected chi connectivity index (χ1v) is 6.53. The summed E-state index contributed by atoms with van der Waals surface area (Å²) in [5.41, 5.74) is 2.08. The van der Waals surface area contributed by atoms with Crippen LogP contribution in [0.3, 0.4) is 0 Å². The Bertz CT molecular complexity index is 331. The molecule has 1 saturated carbocycles. The molecule has 2 heteroatoms. The van der Waals surface area contributed by atoms with Crippen molar-refractivity contribution in [3.63, 3.8) is 0 Å². The summed E-state index contributed by atoms with van der Waals surface area (Å²) in [4.78, 5) is 6.60. The highest BCUT2D eigenvalue weighted by Crippen LogP contribution is 2.46. The molecule has 0 radical (unpaired) electrons. The molecule has 0 unspecified atom stereocenters. The number of anilines is 1. The van der Waals surface area contributed by atoms with Crippen LogP contribution >= 0.6 is 0 Å². The lowest BCUT2D eigenvalue weighted by atomic mass is 9.77. The minimum Gasteiger partial charge on any atom is -0.371 e. The van der Waals surface area contributed by atoms with Crippen molar-refractivity contribution in [2.24, 2.45) is 5.41 Å². The zero-order chi connectivity index (χ0) is 10.8. The average Bonchev–Trinajstić information content (AvgIpc) is 2.80. The largest absolute Gasteiger partial charge is 0.371 e. The van der Waals surface area contributed by atoms with Gasteiger partial charge in [-0.05, 0) is 43.2 Å². The predicted molar refractivity (Wildman–Crippen MR) is 66.6 cm³/mol. The van der Waals surface area contributed by atoms with Crippen molar-refractivity contribution in [2.45, 2.75) is 38.5 Å². The zero-order valence-corrected chi connectivity index (χ0v) is 9.86. The molecule has 1 aliphatic heterocycles. The summed E-state index contributed by atoms with van der Waals surface area (Å²) in [7, 11) is 0. The molecule has 3 rings (SSSR count). The Morgan fingerprint density at radius 2 is 1.56 bits per heavy atom. The maximum atomic E-state index is 4.08. The SMILES string of the molecule is c1cc(N2CCC3(CCCC3)CC2)ccn1. The zero-order valence-electron chi connectivity index (χ0n) is 9.86. The first kappa shape index (κ1) is 10.1. The summed E-state index contributed by atoms with van der Waals surface area (Å²) in [5, 5.41) is 0. The topological polar surface area (TPSA) is 16.1 Å². The molecule has 1 saturated heterocycles. The summed E-state index contributed by atoms with van der Waals surface area (Å²) in [6, 6.07) is 4.26. The van der Waals surface area contributed by atoms with Crippen LogP contribution in [-0.2, 0) is 0 Å². The molecule has 2 heterocycles. The fourth-order valence-corrected chi connectivity index (χ4v) is 3.42. The summed E-state index contributed by atoms with van der Waals surface area (Å²) in [5.74, 6) is 0. The fourth-order valence-electron chi connectivity index (χ4n) is 3.42. The van der Waals surface area contributed by atoms with Crippen LogP contribution < -0.4 is 4.90 Å². The highest BCUT2D eigenvalue weighted by Gasteiger charge is 2.36. The third kappa shape index (κ3) is 1.81. The monoisotopic (exact) mass is 216 g/mol. The van der Waals surface area contributed by atoms with E-state index in [1.807, 2.05) is 12.4 Å². The van der Waals surface area contributed by atoms with E-state index < -0.39 is 0 Å².